The smallest absolute Gasteiger partial charge is 0.418 e. The first kappa shape index (κ1) is 24.4. The van der Waals surface area contributed by atoms with E-state index < -0.39 is 11.7 Å². The molecule has 8 heteroatoms. The van der Waals surface area contributed by atoms with Crippen LogP contribution in [0, 0.1) is 5.92 Å². The molecule has 0 radical (unpaired) electrons. The Labute approximate surface area is 179 Å². The van der Waals surface area contributed by atoms with Crippen LogP contribution in [0.3, 0.4) is 0 Å². The highest BCUT2D eigenvalue weighted by Crippen LogP contribution is 2.32. The molecule has 0 bridgehead atoms. The number of rotatable bonds is 7. The summed E-state index contributed by atoms with van der Waals surface area (Å²) in [4.78, 5) is 28.1. The Morgan fingerprint density at radius 1 is 1.26 bits per heavy atom. The van der Waals surface area contributed by atoms with Gasteiger partial charge in [-0.15, -0.1) is 0 Å². The van der Waals surface area contributed by atoms with Crippen LogP contribution in [-0.2, 0) is 14.3 Å². The lowest BCUT2D eigenvalue weighted by atomic mass is 9.99. The van der Waals surface area contributed by atoms with Gasteiger partial charge >= 0.3 is 12.1 Å². The molecule has 0 saturated heterocycles. The van der Waals surface area contributed by atoms with Crippen molar-refractivity contribution >= 4 is 23.0 Å². The molecule has 1 unspecified atom stereocenters. The van der Waals surface area contributed by atoms with E-state index in [1.165, 1.54) is 26.6 Å². The summed E-state index contributed by atoms with van der Waals surface area (Å²) in [7, 11) is 1.30. The fraction of sp³-hybridized carbons (Fsp3) is 0.435. The third-order valence-electron chi connectivity index (χ3n) is 4.94. The largest absolute Gasteiger partial charge is 0.472 e. The maximum atomic E-state index is 13.7. The van der Waals surface area contributed by atoms with Crippen LogP contribution >= 0.6 is 0 Å². The van der Waals surface area contributed by atoms with Crippen molar-refractivity contribution in [3.8, 4) is 0 Å². The summed E-state index contributed by atoms with van der Waals surface area (Å²) >= 11 is 0. The van der Waals surface area contributed by atoms with Gasteiger partial charge in [0.15, 0.2) is 5.78 Å². The van der Waals surface area contributed by atoms with Crippen LogP contribution in [0.4, 0.5) is 13.2 Å². The Hall–Kier alpha value is -2.90. The van der Waals surface area contributed by atoms with Gasteiger partial charge in [0.05, 0.1) is 36.8 Å². The summed E-state index contributed by atoms with van der Waals surface area (Å²) in [6.07, 6.45) is 4.26. The van der Waals surface area contributed by atoms with E-state index >= 15 is 0 Å². The SMILES string of the molecule is COC(=O)C(C)CCCC(=O)C1=C/CC\C=C(c2ccoc2)/C=C(C(F)(F)F)\C(C)=N\1. The van der Waals surface area contributed by atoms with Crippen molar-refractivity contribution in [1.29, 1.82) is 0 Å². The van der Waals surface area contributed by atoms with Crippen LogP contribution in [0.2, 0.25) is 0 Å². The molecule has 0 aliphatic carbocycles. The molecule has 0 saturated carbocycles. The highest BCUT2D eigenvalue weighted by molar-refractivity contribution is 6.06. The second-order valence-electron chi connectivity index (χ2n) is 7.33. The van der Waals surface area contributed by atoms with Crippen molar-refractivity contribution in [3.05, 3.63) is 53.7 Å². The van der Waals surface area contributed by atoms with Gasteiger partial charge in [-0.2, -0.15) is 13.2 Å². The highest BCUT2D eigenvalue weighted by Gasteiger charge is 2.36. The third kappa shape index (κ3) is 7.08. The minimum atomic E-state index is -4.64. The van der Waals surface area contributed by atoms with E-state index in [4.69, 9.17) is 4.42 Å². The first-order valence-corrected chi connectivity index (χ1v) is 10.0. The second kappa shape index (κ2) is 10.9. The predicted molar refractivity (Wildman–Crippen MR) is 111 cm³/mol. The van der Waals surface area contributed by atoms with E-state index in [9.17, 15) is 22.8 Å². The molecule has 2 heterocycles. The number of carbonyl (C=O) groups excluding carboxylic acids is 2. The molecule has 5 nitrogen and oxygen atoms in total. The Morgan fingerprint density at radius 2 is 1.97 bits per heavy atom. The van der Waals surface area contributed by atoms with Gasteiger partial charge < -0.3 is 9.15 Å². The molecule has 2 rings (SSSR count). The summed E-state index contributed by atoms with van der Waals surface area (Å²) in [5.41, 5.74) is -0.268. The molecule has 1 aliphatic rings. The fourth-order valence-corrected chi connectivity index (χ4v) is 3.17. The number of aliphatic imine (C=N–C) groups is 1. The van der Waals surface area contributed by atoms with Gasteiger partial charge in [0.25, 0.3) is 0 Å². The number of halogens is 3. The molecule has 0 fully saturated rings. The Kier molecular flexibility index (Phi) is 8.59. The second-order valence-corrected chi connectivity index (χ2v) is 7.33. The Bertz CT molecular complexity index is 906. The lowest BCUT2D eigenvalue weighted by Gasteiger charge is -2.15. The number of furan rings is 1. The molecule has 0 N–H and O–H groups in total. The van der Waals surface area contributed by atoms with Gasteiger partial charge in [-0.25, -0.2) is 4.99 Å². The van der Waals surface area contributed by atoms with Crippen molar-refractivity contribution in [3.63, 3.8) is 0 Å². The number of ketones is 1. The van der Waals surface area contributed by atoms with Crippen molar-refractivity contribution < 1.29 is 31.9 Å². The molecule has 1 aromatic rings. The van der Waals surface area contributed by atoms with Crippen LogP contribution in [0.15, 0.2) is 57.5 Å². The molecular weight excluding hydrogens is 411 g/mol. The Balaban J connectivity index is 2.25. The molecule has 0 amide bonds. The van der Waals surface area contributed by atoms with E-state index in [1.54, 1.807) is 25.1 Å². The Morgan fingerprint density at radius 3 is 2.58 bits per heavy atom. The number of esters is 1. The zero-order valence-electron chi connectivity index (χ0n) is 17.8. The molecule has 1 aromatic heterocycles. The zero-order valence-corrected chi connectivity index (χ0v) is 17.8. The summed E-state index contributed by atoms with van der Waals surface area (Å²) in [6, 6.07) is 1.59. The van der Waals surface area contributed by atoms with Crippen molar-refractivity contribution in [1.82, 2.24) is 0 Å². The van der Waals surface area contributed by atoms with Crippen molar-refractivity contribution in [2.45, 2.75) is 52.1 Å². The normalized spacial score (nSPS) is 23.2. The molecule has 1 aliphatic heterocycles. The molecule has 31 heavy (non-hydrogen) atoms. The number of hydrogen-bond donors (Lipinski definition) is 0. The number of nitrogens with zero attached hydrogens (tertiary/aromatic N) is 1. The van der Waals surface area contributed by atoms with Crippen molar-refractivity contribution in [2.75, 3.05) is 7.11 Å². The number of hydrogen-bond acceptors (Lipinski definition) is 5. The number of Topliss-reactive ketones (excluding diaryl/α,β-unsaturated/α-hetero) is 1. The quantitative estimate of drug-likeness (QED) is 0.503. The summed E-state index contributed by atoms with van der Waals surface area (Å²) in [5, 5.41) is 0. The zero-order chi connectivity index (χ0) is 23.0. The maximum absolute atomic E-state index is 13.7. The van der Waals surface area contributed by atoms with Gasteiger partial charge in [0, 0.05) is 12.0 Å². The van der Waals surface area contributed by atoms with Gasteiger partial charge in [-0.1, -0.05) is 19.1 Å². The molecular formula is C23H26F3NO4. The van der Waals surface area contributed by atoms with E-state index in [-0.39, 0.29) is 35.5 Å². The summed E-state index contributed by atoms with van der Waals surface area (Å²) in [6.45, 7) is 2.94. The lowest BCUT2D eigenvalue weighted by molar-refractivity contribution is -0.145. The van der Waals surface area contributed by atoms with Gasteiger partial charge in [-0.05, 0) is 50.3 Å². The summed E-state index contributed by atoms with van der Waals surface area (Å²) < 4.78 is 50.9. The predicted octanol–water partition coefficient (Wildman–Crippen LogP) is 5.84. The van der Waals surface area contributed by atoms with Crippen LogP contribution in [-0.4, -0.2) is 30.8 Å². The van der Waals surface area contributed by atoms with E-state index in [1.807, 2.05) is 0 Å². The first-order valence-electron chi connectivity index (χ1n) is 10.0. The topological polar surface area (TPSA) is 68.9 Å². The van der Waals surface area contributed by atoms with Crippen LogP contribution in [0.25, 0.3) is 5.57 Å². The average Bonchev–Trinajstić information content (AvgIpc) is 3.25. The number of ether oxygens (including phenoxy) is 1. The third-order valence-corrected chi connectivity index (χ3v) is 4.94. The average molecular weight is 437 g/mol. The minimum absolute atomic E-state index is 0.0125. The van der Waals surface area contributed by atoms with Gasteiger partial charge in [0.2, 0.25) is 0 Å². The lowest BCUT2D eigenvalue weighted by Crippen LogP contribution is -2.19. The molecule has 0 aromatic carbocycles. The first-order chi connectivity index (χ1) is 14.6. The fourth-order valence-electron chi connectivity index (χ4n) is 3.17. The molecule has 168 valence electrons. The molecule has 0 spiro atoms. The highest BCUT2D eigenvalue weighted by atomic mass is 19.4. The van der Waals surface area contributed by atoms with Crippen LogP contribution in [0.5, 0.6) is 0 Å². The van der Waals surface area contributed by atoms with Gasteiger partial charge in [0.1, 0.15) is 5.70 Å². The van der Waals surface area contributed by atoms with Gasteiger partial charge in [-0.3, -0.25) is 9.59 Å². The van der Waals surface area contributed by atoms with Crippen LogP contribution < -0.4 is 0 Å². The van der Waals surface area contributed by atoms with Crippen molar-refractivity contribution in [2.24, 2.45) is 10.9 Å². The number of allylic oxidation sites excluding steroid dienone is 6. The molecule has 1 atom stereocenters. The monoisotopic (exact) mass is 437 g/mol. The van der Waals surface area contributed by atoms with E-state index in [0.29, 0.717) is 36.8 Å². The van der Waals surface area contributed by atoms with E-state index in [2.05, 4.69) is 9.73 Å². The minimum Gasteiger partial charge on any atom is -0.472 e. The number of alkyl halides is 3. The number of carbonyl (C=O) groups is 2. The van der Waals surface area contributed by atoms with Crippen LogP contribution in [0.1, 0.15) is 51.5 Å². The number of methoxy groups -OCH3 is 1. The maximum Gasteiger partial charge on any atom is 0.418 e. The van der Waals surface area contributed by atoms with E-state index in [0.717, 1.165) is 6.08 Å². The summed E-state index contributed by atoms with van der Waals surface area (Å²) in [5.74, 6) is -1.07. The standard InChI is InChI=1S/C23H26F3NO4/c1-15(22(29)30-3)7-6-10-21(28)20-9-5-4-8-17(18-11-12-31-14-18)13-19(16(2)27-20)23(24,25)26/h8-9,11-15H,4-7,10H2,1-3H3/b17-8+,19-13+,20-9-,27-16+.